The molecule has 3 aromatic carbocycles. The molecule has 5 nitrogen and oxygen atoms in total. The highest BCUT2D eigenvalue weighted by Gasteiger charge is 2.32. The van der Waals surface area contributed by atoms with Crippen molar-refractivity contribution in [1.82, 2.24) is 0 Å². The topological polar surface area (TPSA) is 51.1 Å². The van der Waals surface area contributed by atoms with Crippen molar-refractivity contribution in [2.45, 2.75) is 0 Å². The van der Waals surface area contributed by atoms with Crippen LogP contribution in [0.15, 0.2) is 83.5 Å². The highest BCUT2D eigenvalue weighted by molar-refractivity contribution is 6.34. The van der Waals surface area contributed by atoms with E-state index >= 15 is 0 Å². The fourth-order valence-electron chi connectivity index (χ4n) is 3.24. The Morgan fingerprint density at radius 3 is 2.43 bits per heavy atom. The molecule has 0 unspecified atom stereocenters. The number of rotatable bonds is 5. The fraction of sp³-hybridized carbons (Fsp3) is 0.0833. The standard InChI is InChI=1S/C24H19ClN2O3/c1-29-20-12-11-17(22(15-20)30-2)13-21-24(28)27(19-10-6-9-18(25)14-19)23(26-21)16-7-4-3-5-8-16/h3-15H,1-2H3. The maximum Gasteiger partial charge on any atom is 0.282 e. The van der Waals surface area contributed by atoms with Crippen molar-refractivity contribution >= 4 is 35.1 Å². The van der Waals surface area contributed by atoms with Crippen LogP contribution in [0.2, 0.25) is 5.02 Å². The van der Waals surface area contributed by atoms with Crippen LogP contribution in [0.1, 0.15) is 11.1 Å². The zero-order chi connectivity index (χ0) is 21.1. The molecule has 0 aliphatic carbocycles. The van der Waals surface area contributed by atoms with Gasteiger partial charge in [0.25, 0.3) is 5.91 Å². The van der Waals surface area contributed by atoms with Crippen molar-refractivity contribution in [3.05, 3.63) is 94.6 Å². The van der Waals surface area contributed by atoms with E-state index < -0.39 is 0 Å². The van der Waals surface area contributed by atoms with Crippen LogP contribution in [0.5, 0.6) is 11.5 Å². The van der Waals surface area contributed by atoms with Crippen LogP contribution in [0.3, 0.4) is 0 Å². The summed E-state index contributed by atoms with van der Waals surface area (Å²) in [5, 5.41) is 0.543. The first-order valence-electron chi connectivity index (χ1n) is 9.28. The third-order valence-electron chi connectivity index (χ3n) is 4.69. The summed E-state index contributed by atoms with van der Waals surface area (Å²) < 4.78 is 10.7. The van der Waals surface area contributed by atoms with E-state index in [-0.39, 0.29) is 5.91 Å². The van der Waals surface area contributed by atoms with E-state index in [1.807, 2.05) is 54.6 Å². The zero-order valence-corrected chi connectivity index (χ0v) is 17.3. The van der Waals surface area contributed by atoms with E-state index in [2.05, 4.69) is 4.99 Å². The number of halogens is 1. The Labute approximate surface area is 179 Å². The van der Waals surface area contributed by atoms with Crippen molar-refractivity contribution in [1.29, 1.82) is 0 Å². The van der Waals surface area contributed by atoms with E-state index in [1.165, 1.54) is 0 Å². The first-order chi connectivity index (χ1) is 14.6. The van der Waals surface area contributed by atoms with Crippen LogP contribution in [0.4, 0.5) is 5.69 Å². The number of aliphatic imine (C=N–C) groups is 1. The van der Waals surface area contributed by atoms with Gasteiger partial charge in [0.1, 0.15) is 23.0 Å². The number of carbonyl (C=O) groups excluding carboxylic acids is 1. The van der Waals surface area contributed by atoms with Crippen molar-refractivity contribution < 1.29 is 14.3 Å². The molecule has 0 aromatic heterocycles. The van der Waals surface area contributed by atoms with Gasteiger partial charge in [-0.15, -0.1) is 0 Å². The first-order valence-corrected chi connectivity index (χ1v) is 9.66. The van der Waals surface area contributed by atoms with Crippen LogP contribution in [-0.4, -0.2) is 26.0 Å². The summed E-state index contributed by atoms with van der Waals surface area (Å²) in [5.74, 6) is 1.56. The Hall–Kier alpha value is -3.57. The van der Waals surface area contributed by atoms with Crippen molar-refractivity contribution in [3.8, 4) is 11.5 Å². The maximum absolute atomic E-state index is 13.4. The number of ether oxygens (including phenoxy) is 2. The SMILES string of the molecule is COc1ccc(C=C2N=C(c3ccccc3)N(c3cccc(Cl)c3)C2=O)c(OC)c1. The van der Waals surface area contributed by atoms with Crippen LogP contribution in [-0.2, 0) is 4.79 Å². The first kappa shape index (κ1) is 19.7. The predicted molar refractivity (Wildman–Crippen MR) is 119 cm³/mol. The van der Waals surface area contributed by atoms with Gasteiger partial charge in [0.15, 0.2) is 0 Å². The van der Waals surface area contributed by atoms with E-state index in [9.17, 15) is 4.79 Å². The number of benzene rings is 3. The number of hydrogen-bond acceptors (Lipinski definition) is 4. The van der Waals surface area contributed by atoms with Gasteiger partial charge >= 0.3 is 0 Å². The number of amidine groups is 1. The summed E-state index contributed by atoms with van der Waals surface area (Å²) in [6, 6.07) is 22.1. The molecule has 1 amide bonds. The Bertz CT molecular complexity index is 1160. The average Bonchev–Trinajstić information content (AvgIpc) is 3.10. The van der Waals surface area contributed by atoms with E-state index in [4.69, 9.17) is 21.1 Å². The van der Waals surface area contributed by atoms with Crippen LogP contribution in [0, 0.1) is 0 Å². The summed E-state index contributed by atoms with van der Waals surface area (Å²) in [6.45, 7) is 0. The van der Waals surface area contributed by atoms with E-state index in [0.717, 1.165) is 11.1 Å². The lowest BCUT2D eigenvalue weighted by molar-refractivity contribution is -0.113. The van der Waals surface area contributed by atoms with Gasteiger partial charge in [-0.25, -0.2) is 4.99 Å². The number of anilines is 1. The van der Waals surface area contributed by atoms with Crippen molar-refractivity contribution in [2.24, 2.45) is 4.99 Å². The normalized spacial score (nSPS) is 14.8. The molecule has 3 aromatic rings. The minimum absolute atomic E-state index is 0.242. The predicted octanol–water partition coefficient (Wildman–Crippen LogP) is 5.19. The van der Waals surface area contributed by atoms with E-state index in [0.29, 0.717) is 33.7 Å². The number of nitrogens with zero attached hydrogens (tertiary/aromatic N) is 2. The fourth-order valence-corrected chi connectivity index (χ4v) is 3.42. The second-order valence-corrected chi connectivity index (χ2v) is 7.00. The molecule has 6 heteroatoms. The minimum atomic E-state index is -0.242. The summed E-state index contributed by atoms with van der Waals surface area (Å²) in [4.78, 5) is 19.6. The minimum Gasteiger partial charge on any atom is -0.497 e. The molecule has 1 aliphatic heterocycles. The molecule has 0 fully saturated rings. The Balaban J connectivity index is 1.83. The van der Waals surface area contributed by atoms with Gasteiger partial charge in [-0.1, -0.05) is 48.0 Å². The molecule has 0 spiro atoms. The van der Waals surface area contributed by atoms with Crippen molar-refractivity contribution in [3.63, 3.8) is 0 Å². The molecule has 1 aliphatic rings. The highest BCUT2D eigenvalue weighted by Crippen LogP contribution is 2.32. The van der Waals surface area contributed by atoms with Gasteiger partial charge < -0.3 is 9.47 Å². The van der Waals surface area contributed by atoms with Gasteiger partial charge in [0, 0.05) is 22.2 Å². The van der Waals surface area contributed by atoms with Gasteiger partial charge in [0.2, 0.25) is 0 Å². The molecule has 30 heavy (non-hydrogen) atoms. The summed E-state index contributed by atoms with van der Waals surface area (Å²) >= 11 is 6.18. The summed E-state index contributed by atoms with van der Waals surface area (Å²) in [7, 11) is 3.16. The van der Waals surface area contributed by atoms with Crippen LogP contribution < -0.4 is 14.4 Å². The molecule has 4 rings (SSSR count). The van der Waals surface area contributed by atoms with Gasteiger partial charge in [-0.05, 0) is 36.4 Å². The lowest BCUT2D eigenvalue weighted by Crippen LogP contribution is -2.32. The summed E-state index contributed by atoms with van der Waals surface area (Å²) in [6.07, 6.45) is 1.72. The van der Waals surface area contributed by atoms with Gasteiger partial charge in [-0.3, -0.25) is 9.69 Å². The molecule has 0 saturated carbocycles. The molecule has 0 radical (unpaired) electrons. The smallest absolute Gasteiger partial charge is 0.282 e. The molecule has 0 N–H and O–H groups in total. The lowest BCUT2D eigenvalue weighted by Gasteiger charge is -2.18. The summed E-state index contributed by atoms with van der Waals surface area (Å²) in [5.41, 5.74) is 2.51. The number of carbonyl (C=O) groups is 1. The van der Waals surface area contributed by atoms with Crippen molar-refractivity contribution in [2.75, 3.05) is 19.1 Å². The molecule has 0 saturated heterocycles. The zero-order valence-electron chi connectivity index (χ0n) is 16.5. The van der Waals surface area contributed by atoms with Crippen LogP contribution in [0.25, 0.3) is 6.08 Å². The monoisotopic (exact) mass is 418 g/mol. The Morgan fingerprint density at radius 2 is 1.73 bits per heavy atom. The molecule has 0 atom stereocenters. The van der Waals surface area contributed by atoms with Gasteiger partial charge in [0.05, 0.1) is 19.9 Å². The average molecular weight is 419 g/mol. The number of hydrogen-bond donors (Lipinski definition) is 0. The third-order valence-corrected chi connectivity index (χ3v) is 4.93. The molecular formula is C24H19ClN2O3. The van der Waals surface area contributed by atoms with Gasteiger partial charge in [-0.2, -0.15) is 0 Å². The lowest BCUT2D eigenvalue weighted by atomic mass is 10.1. The number of methoxy groups -OCH3 is 2. The van der Waals surface area contributed by atoms with Crippen LogP contribution >= 0.6 is 11.6 Å². The molecule has 150 valence electrons. The maximum atomic E-state index is 13.4. The molecule has 1 heterocycles. The number of amides is 1. The molecular weight excluding hydrogens is 400 g/mol. The largest absolute Gasteiger partial charge is 0.497 e. The van der Waals surface area contributed by atoms with E-state index in [1.54, 1.807) is 43.4 Å². The second-order valence-electron chi connectivity index (χ2n) is 6.56. The third kappa shape index (κ3) is 3.80. The quantitative estimate of drug-likeness (QED) is 0.535. The second kappa shape index (κ2) is 8.43. The molecule has 0 bridgehead atoms. The Morgan fingerprint density at radius 1 is 0.933 bits per heavy atom. The Kier molecular flexibility index (Phi) is 5.55. The highest BCUT2D eigenvalue weighted by atomic mass is 35.5.